The predicted molar refractivity (Wildman–Crippen MR) is 258 cm³/mol. The molecule has 0 aliphatic rings. The van der Waals surface area contributed by atoms with Gasteiger partial charge in [-0.2, -0.15) is 0 Å². The average Bonchev–Trinajstić information content (AvgIpc) is 3.31. The van der Waals surface area contributed by atoms with Crippen LogP contribution in [0.15, 0.2) is 243 Å². The lowest BCUT2D eigenvalue weighted by Gasteiger charge is -2.28. The first kappa shape index (κ1) is 36.4. The first-order valence-corrected chi connectivity index (χ1v) is 20.5. The summed E-state index contributed by atoms with van der Waals surface area (Å²) in [5, 5.41) is 7.21. The summed E-state index contributed by atoms with van der Waals surface area (Å²) in [4.78, 5) is 4.74. The van der Waals surface area contributed by atoms with Crippen molar-refractivity contribution < 1.29 is 0 Å². The zero-order valence-electron chi connectivity index (χ0n) is 33.2. The van der Waals surface area contributed by atoms with E-state index in [-0.39, 0.29) is 0 Å². The average molecular weight is 767 g/mol. The van der Waals surface area contributed by atoms with E-state index >= 15 is 0 Å². The summed E-state index contributed by atoms with van der Waals surface area (Å²) in [5.74, 6) is 0. The molecule has 0 spiro atoms. The summed E-state index contributed by atoms with van der Waals surface area (Å²) in [7, 11) is 0. The monoisotopic (exact) mass is 766 g/mol. The Morgan fingerprint density at radius 1 is 0.317 bits per heavy atom. The van der Waals surface area contributed by atoms with Gasteiger partial charge in [-0.05, 0) is 133 Å². The van der Waals surface area contributed by atoms with E-state index in [1.807, 2.05) is 12.2 Å². The number of anilines is 6. The van der Waals surface area contributed by atoms with E-state index in [1.54, 1.807) is 0 Å². The molecule has 10 aromatic rings. The van der Waals surface area contributed by atoms with Crippen molar-refractivity contribution in [3.8, 4) is 22.3 Å². The molecule has 0 N–H and O–H groups in total. The fraction of sp³-hybridized carbons (Fsp3) is 0. The topological polar surface area (TPSA) is 6.48 Å². The van der Waals surface area contributed by atoms with Gasteiger partial charge in [0.05, 0.1) is 0 Å². The van der Waals surface area contributed by atoms with Crippen LogP contribution in [-0.2, 0) is 0 Å². The SMILES string of the molecule is C=CC=Cc1cccc(N(c2ccccc2)c2ccc3c(-c4ccccc4)c4cc(N(c5ccccc5)c5ccc6ccccc6c5)ccc4c(-c4ccccc4)c3c2)c1. The van der Waals surface area contributed by atoms with Crippen molar-refractivity contribution in [2.45, 2.75) is 0 Å². The van der Waals surface area contributed by atoms with Gasteiger partial charge in [0.25, 0.3) is 0 Å². The Morgan fingerprint density at radius 2 is 0.750 bits per heavy atom. The van der Waals surface area contributed by atoms with E-state index in [9.17, 15) is 0 Å². The van der Waals surface area contributed by atoms with Gasteiger partial charge >= 0.3 is 0 Å². The second-order valence-corrected chi connectivity index (χ2v) is 15.0. The molecule has 0 aliphatic carbocycles. The van der Waals surface area contributed by atoms with E-state index < -0.39 is 0 Å². The molecule has 0 saturated carbocycles. The molecule has 0 aromatic heterocycles. The summed E-state index contributed by atoms with van der Waals surface area (Å²) in [5.41, 5.74) is 12.4. The molecule has 0 radical (unpaired) electrons. The second-order valence-electron chi connectivity index (χ2n) is 15.0. The Morgan fingerprint density at radius 3 is 1.28 bits per heavy atom. The van der Waals surface area contributed by atoms with Crippen molar-refractivity contribution in [2.24, 2.45) is 0 Å². The van der Waals surface area contributed by atoms with Crippen LogP contribution >= 0.6 is 0 Å². The number of benzene rings is 10. The van der Waals surface area contributed by atoms with Gasteiger partial charge in [-0.3, -0.25) is 0 Å². The molecule has 0 amide bonds. The lowest BCUT2D eigenvalue weighted by atomic mass is 9.85. The highest BCUT2D eigenvalue weighted by Gasteiger charge is 2.22. The molecule has 0 saturated heterocycles. The van der Waals surface area contributed by atoms with Gasteiger partial charge < -0.3 is 9.80 Å². The third kappa shape index (κ3) is 6.91. The molecular weight excluding hydrogens is 725 g/mol. The molecule has 0 heterocycles. The molecule has 0 aliphatic heterocycles. The van der Waals surface area contributed by atoms with Gasteiger partial charge in [-0.1, -0.05) is 176 Å². The fourth-order valence-electron chi connectivity index (χ4n) is 8.63. The lowest BCUT2D eigenvalue weighted by Crippen LogP contribution is -2.10. The number of allylic oxidation sites excluding steroid dienone is 2. The van der Waals surface area contributed by atoms with Crippen LogP contribution in [0.4, 0.5) is 34.1 Å². The minimum absolute atomic E-state index is 1.08. The minimum Gasteiger partial charge on any atom is -0.310 e. The van der Waals surface area contributed by atoms with Gasteiger partial charge in [-0.25, -0.2) is 0 Å². The standard InChI is InChI=1S/C58H42N2/c1-2-3-19-42-20-18-31-49(38-42)59(47-27-12-6-13-28-47)51-34-36-53-55(40-51)57(44-22-8-4-9-23-44)54-37-35-52(41-56(54)58(53)45-24-10-5-11-25-45)60(48-29-14-7-15-30-48)50-33-32-43-21-16-17-26-46(43)39-50/h2-41H,1H2. The normalized spacial score (nSPS) is 11.3. The van der Waals surface area contributed by atoms with E-state index in [1.165, 1.54) is 54.6 Å². The second kappa shape index (κ2) is 16.1. The Bertz CT molecular complexity index is 3150. The molecule has 10 aromatic carbocycles. The van der Waals surface area contributed by atoms with Crippen LogP contribution in [0, 0.1) is 0 Å². The van der Waals surface area contributed by atoms with Gasteiger partial charge in [0.1, 0.15) is 0 Å². The first-order valence-electron chi connectivity index (χ1n) is 20.5. The maximum Gasteiger partial charge on any atom is 0.0468 e. The number of hydrogen-bond acceptors (Lipinski definition) is 2. The number of hydrogen-bond donors (Lipinski definition) is 0. The van der Waals surface area contributed by atoms with Crippen LogP contribution in [0.3, 0.4) is 0 Å². The van der Waals surface area contributed by atoms with Crippen molar-refractivity contribution in [2.75, 3.05) is 9.80 Å². The summed E-state index contributed by atoms with van der Waals surface area (Å²) in [6, 6.07) is 81.2. The molecule has 10 rings (SSSR count). The molecule has 0 unspecified atom stereocenters. The maximum atomic E-state index is 3.89. The van der Waals surface area contributed by atoms with Crippen molar-refractivity contribution in [3.63, 3.8) is 0 Å². The molecular formula is C58H42N2. The largest absolute Gasteiger partial charge is 0.310 e. The Kier molecular flexibility index (Phi) is 9.79. The van der Waals surface area contributed by atoms with Gasteiger partial charge in [0.15, 0.2) is 0 Å². The minimum atomic E-state index is 1.08. The number of fused-ring (bicyclic) bond motifs is 3. The Hall–Kier alpha value is -7.94. The van der Waals surface area contributed by atoms with Crippen LogP contribution in [0.25, 0.3) is 60.6 Å². The van der Waals surface area contributed by atoms with Crippen LogP contribution in [0.1, 0.15) is 5.56 Å². The third-order valence-electron chi connectivity index (χ3n) is 11.3. The predicted octanol–water partition coefficient (Wildman–Crippen LogP) is 16.6. The summed E-state index contributed by atoms with van der Waals surface area (Å²) in [6.07, 6.45) is 5.89. The van der Waals surface area contributed by atoms with Gasteiger partial charge in [-0.15, -0.1) is 0 Å². The van der Waals surface area contributed by atoms with Crippen molar-refractivity contribution in [1.82, 2.24) is 0 Å². The van der Waals surface area contributed by atoms with Gasteiger partial charge in [0.2, 0.25) is 0 Å². The van der Waals surface area contributed by atoms with E-state index in [4.69, 9.17) is 0 Å². The number of para-hydroxylation sites is 2. The lowest BCUT2D eigenvalue weighted by molar-refractivity contribution is 1.29. The fourth-order valence-corrected chi connectivity index (χ4v) is 8.63. The molecule has 2 heteroatoms. The maximum absolute atomic E-state index is 3.89. The van der Waals surface area contributed by atoms with Crippen LogP contribution < -0.4 is 9.80 Å². The van der Waals surface area contributed by atoms with Gasteiger partial charge in [0, 0.05) is 34.1 Å². The van der Waals surface area contributed by atoms with E-state index in [2.05, 4.69) is 247 Å². The number of rotatable bonds is 10. The summed E-state index contributed by atoms with van der Waals surface area (Å²) >= 11 is 0. The number of nitrogens with zero attached hydrogens (tertiary/aromatic N) is 2. The molecule has 0 bridgehead atoms. The summed E-state index contributed by atoms with van der Waals surface area (Å²) in [6.45, 7) is 3.89. The first-order chi connectivity index (χ1) is 29.7. The van der Waals surface area contributed by atoms with Crippen molar-refractivity contribution in [3.05, 3.63) is 249 Å². The molecule has 0 atom stereocenters. The third-order valence-corrected chi connectivity index (χ3v) is 11.3. The molecule has 2 nitrogen and oxygen atoms in total. The smallest absolute Gasteiger partial charge is 0.0468 e. The molecule has 284 valence electrons. The Balaban J connectivity index is 1.26. The van der Waals surface area contributed by atoms with Crippen LogP contribution in [0.2, 0.25) is 0 Å². The zero-order chi connectivity index (χ0) is 40.3. The van der Waals surface area contributed by atoms with Crippen molar-refractivity contribution in [1.29, 1.82) is 0 Å². The Labute approximate surface area is 351 Å². The quantitative estimate of drug-likeness (QED) is 0.101. The highest BCUT2D eigenvalue weighted by molar-refractivity contribution is 6.22. The van der Waals surface area contributed by atoms with E-state index in [0.29, 0.717) is 0 Å². The van der Waals surface area contributed by atoms with Crippen LogP contribution in [0.5, 0.6) is 0 Å². The molecule has 0 fully saturated rings. The van der Waals surface area contributed by atoms with Crippen LogP contribution in [-0.4, -0.2) is 0 Å². The molecule has 60 heavy (non-hydrogen) atoms. The highest BCUT2D eigenvalue weighted by Crippen LogP contribution is 2.48. The van der Waals surface area contributed by atoms with Crippen molar-refractivity contribution >= 4 is 72.5 Å². The van der Waals surface area contributed by atoms with E-state index in [0.717, 1.165) is 39.7 Å². The summed E-state index contributed by atoms with van der Waals surface area (Å²) < 4.78 is 0. The highest BCUT2D eigenvalue weighted by atomic mass is 15.1. The zero-order valence-corrected chi connectivity index (χ0v) is 33.2.